The number of benzene rings is 1. The zero-order valence-electron chi connectivity index (χ0n) is 10.9. The third-order valence-corrected chi connectivity index (χ3v) is 3.92. The molecule has 1 aromatic carbocycles. The largest absolute Gasteiger partial charge is 0.324 e. The fraction of sp³-hybridized carbons (Fsp3) is 0.333. The summed E-state index contributed by atoms with van der Waals surface area (Å²) in [6, 6.07) is 7.72. The van der Waals surface area contributed by atoms with Crippen LogP contribution in [0.15, 0.2) is 30.5 Å². The van der Waals surface area contributed by atoms with Crippen molar-refractivity contribution < 1.29 is 4.79 Å². The minimum atomic E-state index is -0.681. The topological polar surface area (TPSA) is 68.0 Å². The van der Waals surface area contributed by atoms with E-state index < -0.39 is 5.54 Å². The smallest absolute Gasteiger partial charge is 0.244 e. The molecule has 1 aliphatic carbocycles. The summed E-state index contributed by atoms with van der Waals surface area (Å²) in [5, 5.41) is 3.91. The summed E-state index contributed by atoms with van der Waals surface area (Å²) < 4.78 is 0. The molecule has 1 heterocycles. The second-order valence-corrected chi connectivity index (χ2v) is 5.29. The molecule has 1 amide bonds. The second-order valence-electron chi connectivity index (χ2n) is 5.29. The number of nitrogens with one attached hydrogen (secondary N) is 1. The van der Waals surface area contributed by atoms with Crippen LogP contribution in [-0.4, -0.2) is 16.4 Å². The van der Waals surface area contributed by atoms with Crippen LogP contribution in [0.25, 0.3) is 10.9 Å². The standard InChI is InChI=1S/C15H17N3O/c1-10-5-6-12(11-4-2-9-17-13(10)11)18-14(19)15(16)7-3-8-15/h2,4-6,9H,3,7-8,16H2,1H3,(H,18,19). The van der Waals surface area contributed by atoms with Crippen molar-refractivity contribution in [3.63, 3.8) is 0 Å². The van der Waals surface area contributed by atoms with E-state index >= 15 is 0 Å². The van der Waals surface area contributed by atoms with Crippen molar-refractivity contribution in [2.75, 3.05) is 5.32 Å². The van der Waals surface area contributed by atoms with Gasteiger partial charge in [-0.25, -0.2) is 0 Å². The Morgan fingerprint density at radius 2 is 2.16 bits per heavy atom. The molecule has 3 rings (SSSR count). The number of nitrogens with zero attached hydrogens (tertiary/aromatic N) is 1. The third-order valence-electron chi connectivity index (χ3n) is 3.92. The Labute approximate surface area is 112 Å². The van der Waals surface area contributed by atoms with Gasteiger partial charge >= 0.3 is 0 Å². The third kappa shape index (κ3) is 1.98. The molecule has 1 saturated carbocycles. The van der Waals surface area contributed by atoms with Gasteiger partial charge in [0.15, 0.2) is 0 Å². The van der Waals surface area contributed by atoms with Crippen LogP contribution in [-0.2, 0) is 4.79 Å². The van der Waals surface area contributed by atoms with E-state index in [9.17, 15) is 4.79 Å². The zero-order valence-corrected chi connectivity index (χ0v) is 10.9. The number of fused-ring (bicyclic) bond motifs is 1. The fourth-order valence-electron chi connectivity index (χ4n) is 2.45. The number of rotatable bonds is 2. The van der Waals surface area contributed by atoms with E-state index in [2.05, 4.69) is 10.3 Å². The van der Waals surface area contributed by atoms with Crippen LogP contribution in [0.5, 0.6) is 0 Å². The summed E-state index contributed by atoms with van der Waals surface area (Å²) in [6.07, 6.45) is 4.32. The van der Waals surface area contributed by atoms with Gasteiger partial charge in [-0.1, -0.05) is 6.07 Å². The molecule has 0 atom stereocenters. The van der Waals surface area contributed by atoms with Gasteiger partial charge in [0.25, 0.3) is 0 Å². The van der Waals surface area contributed by atoms with E-state index in [1.165, 1.54) is 0 Å². The molecule has 0 saturated heterocycles. The maximum Gasteiger partial charge on any atom is 0.244 e. The first-order valence-corrected chi connectivity index (χ1v) is 6.55. The van der Waals surface area contributed by atoms with Gasteiger partial charge < -0.3 is 11.1 Å². The van der Waals surface area contributed by atoms with Gasteiger partial charge in [-0.2, -0.15) is 0 Å². The molecule has 0 aliphatic heterocycles. The molecule has 19 heavy (non-hydrogen) atoms. The van der Waals surface area contributed by atoms with Crippen LogP contribution in [0.4, 0.5) is 5.69 Å². The first-order valence-electron chi connectivity index (χ1n) is 6.55. The Morgan fingerprint density at radius 3 is 2.84 bits per heavy atom. The molecule has 0 unspecified atom stereocenters. The lowest BCUT2D eigenvalue weighted by atomic mass is 9.77. The maximum absolute atomic E-state index is 12.2. The van der Waals surface area contributed by atoms with Crippen molar-refractivity contribution >= 4 is 22.5 Å². The number of aryl methyl sites for hydroxylation is 1. The molecule has 2 aromatic rings. The van der Waals surface area contributed by atoms with Crippen LogP contribution in [0, 0.1) is 6.92 Å². The van der Waals surface area contributed by atoms with Gasteiger partial charge in [0.2, 0.25) is 5.91 Å². The molecule has 0 spiro atoms. The summed E-state index contributed by atoms with van der Waals surface area (Å²) in [4.78, 5) is 16.6. The first kappa shape index (κ1) is 12.1. The van der Waals surface area contributed by atoms with Crippen molar-refractivity contribution in [2.45, 2.75) is 31.7 Å². The number of hydrogen-bond acceptors (Lipinski definition) is 3. The maximum atomic E-state index is 12.2. The molecule has 1 aromatic heterocycles. The zero-order chi connectivity index (χ0) is 13.5. The van der Waals surface area contributed by atoms with Gasteiger partial charge in [-0.3, -0.25) is 9.78 Å². The van der Waals surface area contributed by atoms with Gasteiger partial charge in [0, 0.05) is 11.6 Å². The summed E-state index contributed by atoms with van der Waals surface area (Å²) in [6.45, 7) is 2.01. The number of nitrogens with two attached hydrogens (primary N) is 1. The lowest BCUT2D eigenvalue weighted by Gasteiger charge is -2.36. The molecule has 0 radical (unpaired) electrons. The Bertz CT molecular complexity index is 647. The minimum Gasteiger partial charge on any atom is -0.324 e. The molecule has 1 fully saturated rings. The Morgan fingerprint density at radius 1 is 1.37 bits per heavy atom. The van der Waals surface area contributed by atoms with E-state index in [1.807, 2.05) is 31.2 Å². The molecule has 4 heteroatoms. The number of carbonyl (C=O) groups excluding carboxylic acids is 1. The molecule has 4 nitrogen and oxygen atoms in total. The number of pyridine rings is 1. The van der Waals surface area contributed by atoms with E-state index in [-0.39, 0.29) is 5.91 Å². The Balaban J connectivity index is 1.97. The van der Waals surface area contributed by atoms with Crippen molar-refractivity contribution in [3.05, 3.63) is 36.0 Å². The highest BCUT2D eigenvalue weighted by Crippen LogP contribution is 2.31. The van der Waals surface area contributed by atoms with E-state index in [4.69, 9.17) is 5.73 Å². The van der Waals surface area contributed by atoms with Crippen LogP contribution in [0.2, 0.25) is 0 Å². The predicted molar refractivity (Wildman–Crippen MR) is 75.9 cm³/mol. The van der Waals surface area contributed by atoms with Crippen LogP contribution >= 0.6 is 0 Å². The summed E-state index contributed by atoms with van der Waals surface area (Å²) in [7, 11) is 0. The van der Waals surface area contributed by atoms with Gasteiger partial charge in [0.1, 0.15) is 0 Å². The van der Waals surface area contributed by atoms with E-state index in [1.54, 1.807) is 6.20 Å². The molecular weight excluding hydrogens is 238 g/mol. The van der Waals surface area contributed by atoms with Gasteiger partial charge in [0.05, 0.1) is 16.7 Å². The highest BCUT2D eigenvalue weighted by atomic mass is 16.2. The monoisotopic (exact) mass is 255 g/mol. The van der Waals surface area contributed by atoms with Crippen molar-refractivity contribution in [1.82, 2.24) is 4.98 Å². The number of anilines is 1. The van der Waals surface area contributed by atoms with Crippen LogP contribution in [0.3, 0.4) is 0 Å². The predicted octanol–water partition coefficient (Wildman–Crippen LogP) is 2.36. The van der Waals surface area contributed by atoms with Crippen LogP contribution in [0.1, 0.15) is 24.8 Å². The first-order chi connectivity index (χ1) is 9.10. The van der Waals surface area contributed by atoms with Crippen molar-refractivity contribution in [3.8, 4) is 0 Å². The average Bonchev–Trinajstić information content (AvgIpc) is 2.39. The number of amides is 1. The number of carbonyl (C=O) groups is 1. The molecule has 0 bridgehead atoms. The minimum absolute atomic E-state index is 0.0900. The number of hydrogen-bond donors (Lipinski definition) is 2. The van der Waals surface area contributed by atoms with Gasteiger partial charge in [-0.15, -0.1) is 0 Å². The molecule has 98 valence electrons. The molecule has 1 aliphatic rings. The normalized spacial score (nSPS) is 16.9. The highest BCUT2D eigenvalue weighted by molar-refractivity contribution is 6.05. The van der Waals surface area contributed by atoms with Gasteiger partial charge in [-0.05, 0) is 49.9 Å². The fourth-order valence-corrected chi connectivity index (χ4v) is 2.45. The SMILES string of the molecule is Cc1ccc(NC(=O)C2(N)CCC2)c2cccnc12. The summed E-state index contributed by atoms with van der Waals surface area (Å²) in [5.41, 5.74) is 8.16. The van der Waals surface area contributed by atoms with Crippen LogP contribution < -0.4 is 11.1 Å². The lowest BCUT2D eigenvalue weighted by molar-refractivity contribution is -0.123. The Hall–Kier alpha value is -1.94. The Kier molecular flexibility index (Phi) is 2.75. The molecular formula is C15H17N3O. The average molecular weight is 255 g/mol. The van der Waals surface area contributed by atoms with Crippen molar-refractivity contribution in [1.29, 1.82) is 0 Å². The van der Waals surface area contributed by atoms with E-state index in [0.29, 0.717) is 0 Å². The second kappa shape index (κ2) is 4.31. The van der Waals surface area contributed by atoms with Crippen molar-refractivity contribution in [2.24, 2.45) is 5.73 Å². The number of aromatic nitrogens is 1. The van der Waals surface area contributed by atoms with E-state index in [0.717, 1.165) is 41.4 Å². The summed E-state index contributed by atoms with van der Waals surface area (Å²) in [5.74, 6) is -0.0900. The summed E-state index contributed by atoms with van der Waals surface area (Å²) >= 11 is 0. The highest BCUT2D eigenvalue weighted by Gasteiger charge is 2.40. The quantitative estimate of drug-likeness (QED) is 0.865. The lowest BCUT2D eigenvalue weighted by Crippen LogP contribution is -2.56. The molecule has 3 N–H and O–H groups in total.